The lowest BCUT2D eigenvalue weighted by Crippen LogP contribution is -2.31. The molecule has 0 aliphatic carbocycles. The number of nitrogens with zero attached hydrogens (tertiary/aromatic N) is 1. The van der Waals surface area contributed by atoms with Crippen LogP contribution in [0.2, 0.25) is 0 Å². The van der Waals surface area contributed by atoms with Crippen molar-refractivity contribution in [3.8, 4) is 5.75 Å². The van der Waals surface area contributed by atoms with Gasteiger partial charge in [-0.25, -0.2) is 4.79 Å². The molecule has 1 fully saturated rings. The Bertz CT molecular complexity index is 430. The van der Waals surface area contributed by atoms with Gasteiger partial charge in [-0.3, -0.25) is 4.90 Å². The first-order valence-corrected chi connectivity index (χ1v) is 6.76. The molecule has 2 atom stereocenters. The van der Waals surface area contributed by atoms with Crippen molar-refractivity contribution in [3.05, 3.63) is 29.8 Å². The second kappa shape index (κ2) is 6.06. The highest BCUT2D eigenvalue weighted by Gasteiger charge is 2.25. The maximum atomic E-state index is 10.7. The van der Waals surface area contributed by atoms with Crippen LogP contribution in [0.4, 0.5) is 0 Å². The molecule has 1 heterocycles. The van der Waals surface area contributed by atoms with E-state index in [2.05, 4.69) is 18.7 Å². The maximum Gasteiger partial charge on any atom is 0.335 e. The second-order valence-corrected chi connectivity index (χ2v) is 5.36. The lowest BCUT2D eigenvalue weighted by atomic mass is 10.1. The molecule has 2 rings (SSSR count). The molecule has 0 saturated carbocycles. The first kappa shape index (κ1) is 13.9. The summed E-state index contributed by atoms with van der Waals surface area (Å²) in [6.45, 7) is 7.24. The molecular weight excluding hydrogens is 242 g/mol. The van der Waals surface area contributed by atoms with E-state index in [4.69, 9.17) is 9.84 Å². The van der Waals surface area contributed by atoms with Crippen molar-refractivity contribution in [2.75, 3.05) is 19.7 Å². The molecule has 0 spiro atoms. The summed E-state index contributed by atoms with van der Waals surface area (Å²) >= 11 is 0. The van der Waals surface area contributed by atoms with Crippen molar-refractivity contribution >= 4 is 5.97 Å². The van der Waals surface area contributed by atoms with E-state index in [-0.39, 0.29) is 5.56 Å². The smallest absolute Gasteiger partial charge is 0.335 e. The molecule has 0 aromatic heterocycles. The summed E-state index contributed by atoms with van der Waals surface area (Å²) in [4.78, 5) is 13.2. The standard InChI is InChI=1S/C15H21NO3/c1-11-9-12(2)16(10-11)7-8-19-14-5-3-13(4-6-14)15(17)18/h3-6,11-12H,7-10H2,1-2H3,(H,17,18). The Morgan fingerprint density at radius 1 is 1.37 bits per heavy atom. The van der Waals surface area contributed by atoms with Gasteiger partial charge in [0, 0.05) is 19.1 Å². The normalized spacial score (nSPS) is 23.5. The Hall–Kier alpha value is -1.55. The molecule has 0 amide bonds. The summed E-state index contributed by atoms with van der Waals surface area (Å²) < 4.78 is 5.65. The molecule has 0 bridgehead atoms. The van der Waals surface area contributed by atoms with E-state index in [1.165, 1.54) is 6.42 Å². The highest BCUT2D eigenvalue weighted by molar-refractivity contribution is 5.87. The number of carboxylic acids is 1. The fourth-order valence-corrected chi connectivity index (χ4v) is 2.67. The van der Waals surface area contributed by atoms with Gasteiger partial charge in [-0.05, 0) is 43.5 Å². The van der Waals surface area contributed by atoms with Gasteiger partial charge in [-0.2, -0.15) is 0 Å². The molecule has 1 N–H and O–H groups in total. The molecule has 4 nitrogen and oxygen atoms in total. The van der Waals surface area contributed by atoms with Crippen LogP contribution in [-0.4, -0.2) is 41.7 Å². The number of rotatable bonds is 5. The highest BCUT2D eigenvalue weighted by Crippen LogP contribution is 2.21. The molecule has 1 aromatic carbocycles. The van der Waals surface area contributed by atoms with Gasteiger partial charge in [0.1, 0.15) is 12.4 Å². The SMILES string of the molecule is CC1CC(C)N(CCOc2ccc(C(=O)O)cc2)C1. The van der Waals surface area contributed by atoms with Crippen LogP contribution in [0.15, 0.2) is 24.3 Å². The van der Waals surface area contributed by atoms with E-state index in [9.17, 15) is 4.79 Å². The second-order valence-electron chi connectivity index (χ2n) is 5.36. The zero-order chi connectivity index (χ0) is 13.8. The zero-order valence-corrected chi connectivity index (χ0v) is 11.5. The molecule has 104 valence electrons. The van der Waals surface area contributed by atoms with Gasteiger partial charge in [-0.15, -0.1) is 0 Å². The molecule has 1 aliphatic rings. The van der Waals surface area contributed by atoms with E-state index in [0.29, 0.717) is 12.6 Å². The monoisotopic (exact) mass is 263 g/mol. The molecule has 0 radical (unpaired) electrons. The Kier molecular flexibility index (Phi) is 4.43. The van der Waals surface area contributed by atoms with E-state index >= 15 is 0 Å². The van der Waals surface area contributed by atoms with Gasteiger partial charge in [0.2, 0.25) is 0 Å². The molecule has 4 heteroatoms. The number of hydrogen-bond acceptors (Lipinski definition) is 3. The van der Waals surface area contributed by atoms with Crippen molar-refractivity contribution in [1.29, 1.82) is 0 Å². The third-order valence-electron chi connectivity index (χ3n) is 3.66. The number of ether oxygens (including phenoxy) is 1. The third-order valence-corrected chi connectivity index (χ3v) is 3.66. The average molecular weight is 263 g/mol. The van der Waals surface area contributed by atoms with Crippen molar-refractivity contribution in [2.45, 2.75) is 26.3 Å². The zero-order valence-electron chi connectivity index (χ0n) is 11.5. The van der Waals surface area contributed by atoms with Crippen LogP contribution in [0.5, 0.6) is 5.75 Å². The minimum absolute atomic E-state index is 0.286. The number of carbonyl (C=O) groups is 1. The minimum Gasteiger partial charge on any atom is -0.492 e. The Morgan fingerprint density at radius 2 is 2.05 bits per heavy atom. The Balaban J connectivity index is 1.78. The van der Waals surface area contributed by atoms with Gasteiger partial charge in [0.15, 0.2) is 0 Å². The first-order valence-electron chi connectivity index (χ1n) is 6.76. The van der Waals surface area contributed by atoms with Crippen molar-refractivity contribution < 1.29 is 14.6 Å². The van der Waals surface area contributed by atoms with E-state index in [0.717, 1.165) is 24.8 Å². The fraction of sp³-hybridized carbons (Fsp3) is 0.533. The number of hydrogen-bond donors (Lipinski definition) is 1. The van der Waals surface area contributed by atoms with Crippen LogP contribution in [0.25, 0.3) is 0 Å². The summed E-state index contributed by atoms with van der Waals surface area (Å²) in [6, 6.07) is 7.18. The fourth-order valence-electron chi connectivity index (χ4n) is 2.67. The number of likely N-dealkylation sites (tertiary alicyclic amines) is 1. The average Bonchev–Trinajstić information content (AvgIpc) is 2.68. The summed E-state index contributed by atoms with van der Waals surface area (Å²) in [6.07, 6.45) is 1.26. The topological polar surface area (TPSA) is 49.8 Å². The first-order chi connectivity index (χ1) is 9.06. The van der Waals surface area contributed by atoms with E-state index in [1.54, 1.807) is 24.3 Å². The largest absolute Gasteiger partial charge is 0.492 e. The van der Waals surface area contributed by atoms with Gasteiger partial charge >= 0.3 is 5.97 Å². The van der Waals surface area contributed by atoms with Crippen LogP contribution in [0.1, 0.15) is 30.6 Å². The summed E-state index contributed by atoms with van der Waals surface area (Å²) in [5.74, 6) is 0.584. The lowest BCUT2D eigenvalue weighted by Gasteiger charge is -2.20. The third kappa shape index (κ3) is 3.70. The Morgan fingerprint density at radius 3 is 2.58 bits per heavy atom. The predicted molar refractivity (Wildman–Crippen MR) is 73.7 cm³/mol. The number of benzene rings is 1. The van der Waals surface area contributed by atoms with E-state index in [1.807, 2.05) is 0 Å². The Labute approximate surface area is 114 Å². The van der Waals surface area contributed by atoms with Gasteiger partial charge in [-0.1, -0.05) is 6.92 Å². The molecular formula is C15H21NO3. The van der Waals surface area contributed by atoms with Gasteiger partial charge < -0.3 is 9.84 Å². The van der Waals surface area contributed by atoms with Crippen molar-refractivity contribution in [2.24, 2.45) is 5.92 Å². The molecule has 1 saturated heterocycles. The van der Waals surface area contributed by atoms with Crippen molar-refractivity contribution in [3.63, 3.8) is 0 Å². The predicted octanol–water partition coefficient (Wildman–Crippen LogP) is 2.49. The van der Waals surface area contributed by atoms with Crippen LogP contribution in [0.3, 0.4) is 0 Å². The molecule has 1 aromatic rings. The quantitative estimate of drug-likeness (QED) is 0.886. The molecule has 1 aliphatic heterocycles. The summed E-state index contributed by atoms with van der Waals surface area (Å²) in [7, 11) is 0. The van der Waals surface area contributed by atoms with Crippen LogP contribution < -0.4 is 4.74 Å². The van der Waals surface area contributed by atoms with Gasteiger partial charge in [0.25, 0.3) is 0 Å². The molecule has 19 heavy (non-hydrogen) atoms. The number of aromatic carboxylic acids is 1. The molecule has 2 unspecified atom stereocenters. The van der Waals surface area contributed by atoms with Gasteiger partial charge in [0.05, 0.1) is 5.56 Å². The summed E-state index contributed by atoms with van der Waals surface area (Å²) in [5, 5.41) is 8.80. The van der Waals surface area contributed by atoms with E-state index < -0.39 is 5.97 Å². The lowest BCUT2D eigenvalue weighted by molar-refractivity contribution is 0.0697. The highest BCUT2D eigenvalue weighted by atomic mass is 16.5. The van der Waals surface area contributed by atoms with Crippen LogP contribution >= 0.6 is 0 Å². The minimum atomic E-state index is -0.911. The number of carboxylic acid groups (broad SMARTS) is 1. The van der Waals surface area contributed by atoms with Crippen molar-refractivity contribution in [1.82, 2.24) is 4.90 Å². The maximum absolute atomic E-state index is 10.7. The summed E-state index contributed by atoms with van der Waals surface area (Å²) in [5.41, 5.74) is 0.286. The van der Waals surface area contributed by atoms with Crippen LogP contribution in [0, 0.1) is 5.92 Å². The van der Waals surface area contributed by atoms with Crippen LogP contribution in [-0.2, 0) is 0 Å².